The highest BCUT2D eigenvalue weighted by Gasteiger charge is 2.11. The third-order valence-corrected chi connectivity index (χ3v) is 3.14. The van der Waals surface area contributed by atoms with Crippen LogP contribution in [0.25, 0.3) is 0 Å². The second-order valence-electron chi connectivity index (χ2n) is 4.09. The molecule has 7 heteroatoms. The Kier molecular flexibility index (Phi) is 6.61. The summed E-state index contributed by atoms with van der Waals surface area (Å²) in [5.74, 6) is 0.134. The average molecular weight is 319 g/mol. The summed E-state index contributed by atoms with van der Waals surface area (Å²) in [6.07, 6.45) is 0.114. The summed E-state index contributed by atoms with van der Waals surface area (Å²) in [4.78, 5) is 22.4. The number of methoxy groups -OCH3 is 1. The monoisotopic (exact) mass is 318 g/mol. The lowest BCUT2D eigenvalue weighted by molar-refractivity contribution is -0.121. The summed E-state index contributed by atoms with van der Waals surface area (Å²) < 4.78 is 5.03. The van der Waals surface area contributed by atoms with Gasteiger partial charge < -0.3 is 15.4 Å². The maximum Gasteiger partial charge on any atom is 0.224 e. The number of nitrogens with one attached hydrogen (secondary N) is 2. The zero-order valence-corrected chi connectivity index (χ0v) is 12.8. The first-order valence-corrected chi connectivity index (χ1v) is 6.72. The maximum atomic E-state index is 11.7. The second-order valence-corrected chi connectivity index (χ2v) is 4.90. The number of amides is 2. The minimum Gasteiger partial charge on any atom is -0.495 e. The van der Waals surface area contributed by atoms with Crippen molar-refractivity contribution in [3.05, 3.63) is 27.7 Å². The van der Waals surface area contributed by atoms with Gasteiger partial charge in [0, 0.05) is 31.1 Å². The number of hydrogen-bond acceptors (Lipinski definition) is 3. The largest absolute Gasteiger partial charge is 0.495 e. The Morgan fingerprint density at radius 3 is 2.40 bits per heavy atom. The molecule has 0 unspecified atom stereocenters. The highest BCUT2D eigenvalue weighted by molar-refractivity contribution is 6.34. The van der Waals surface area contributed by atoms with E-state index in [9.17, 15) is 9.59 Å². The summed E-state index contributed by atoms with van der Waals surface area (Å²) in [6, 6.07) is 3.18. The van der Waals surface area contributed by atoms with Gasteiger partial charge in [-0.1, -0.05) is 23.2 Å². The highest BCUT2D eigenvalue weighted by Crippen LogP contribution is 2.31. The minimum atomic E-state index is -0.196. The quantitative estimate of drug-likeness (QED) is 0.786. The lowest BCUT2D eigenvalue weighted by Crippen LogP contribution is -2.34. The third-order valence-electron chi connectivity index (χ3n) is 2.49. The van der Waals surface area contributed by atoms with Crippen molar-refractivity contribution < 1.29 is 14.3 Å². The molecule has 0 bridgehead atoms. The summed E-state index contributed by atoms with van der Waals surface area (Å²) in [5.41, 5.74) is 0.620. The van der Waals surface area contributed by atoms with E-state index >= 15 is 0 Å². The van der Waals surface area contributed by atoms with E-state index in [1.807, 2.05) is 0 Å². The number of ether oxygens (including phenoxy) is 1. The average Bonchev–Trinajstić information content (AvgIpc) is 2.38. The number of rotatable bonds is 6. The lowest BCUT2D eigenvalue weighted by atomic mass is 10.1. The Balaban J connectivity index is 2.53. The van der Waals surface area contributed by atoms with Gasteiger partial charge in [0.25, 0.3) is 0 Å². The second kappa shape index (κ2) is 7.97. The van der Waals surface area contributed by atoms with Crippen LogP contribution in [0.15, 0.2) is 12.1 Å². The molecule has 1 aromatic carbocycles. The molecule has 0 radical (unpaired) electrons. The number of benzene rings is 1. The minimum absolute atomic E-state index is 0.114. The van der Waals surface area contributed by atoms with Gasteiger partial charge in [0.05, 0.1) is 18.6 Å². The lowest BCUT2D eigenvalue weighted by Gasteiger charge is -2.09. The van der Waals surface area contributed by atoms with Crippen molar-refractivity contribution in [1.82, 2.24) is 10.6 Å². The molecule has 0 aliphatic rings. The van der Waals surface area contributed by atoms with Crippen LogP contribution < -0.4 is 15.4 Å². The van der Waals surface area contributed by atoms with E-state index < -0.39 is 0 Å². The molecular weight excluding hydrogens is 303 g/mol. The summed E-state index contributed by atoms with van der Waals surface area (Å²) in [7, 11) is 1.49. The van der Waals surface area contributed by atoms with Gasteiger partial charge in [0.15, 0.2) is 0 Å². The smallest absolute Gasteiger partial charge is 0.224 e. The fraction of sp³-hybridized carbons (Fsp3) is 0.385. The molecular formula is C13H16Cl2N2O3. The van der Waals surface area contributed by atoms with Crippen LogP contribution in [0.3, 0.4) is 0 Å². The van der Waals surface area contributed by atoms with Crippen molar-refractivity contribution in [1.29, 1.82) is 0 Å². The van der Waals surface area contributed by atoms with Crippen molar-refractivity contribution in [2.75, 3.05) is 20.2 Å². The van der Waals surface area contributed by atoms with Crippen molar-refractivity contribution >= 4 is 35.0 Å². The van der Waals surface area contributed by atoms with Gasteiger partial charge in [0.2, 0.25) is 11.8 Å². The fourth-order valence-electron chi connectivity index (χ4n) is 1.54. The topological polar surface area (TPSA) is 67.4 Å². The van der Waals surface area contributed by atoms with Crippen molar-refractivity contribution in [2.24, 2.45) is 0 Å². The molecule has 0 saturated heterocycles. The van der Waals surface area contributed by atoms with Crippen molar-refractivity contribution in [2.45, 2.75) is 13.3 Å². The Morgan fingerprint density at radius 2 is 1.80 bits per heavy atom. The zero-order chi connectivity index (χ0) is 15.1. The molecule has 0 aliphatic carbocycles. The maximum absolute atomic E-state index is 11.7. The molecule has 2 N–H and O–H groups in total. The molecule has 0 heterocycles. The predicted octanol–water partition coefficient (Wildman–Crippen LogP) is 1.80. The first-order valence-electron chi connectivity index (χ1n) is 5.97. The van der Waals surface area contributed by atoms with Gasteiger partial charge in [0.1, 0.15) is 5.75 Å². The van der Waals surface area contributed by atoms with Crippen LogP contribution >= 0.6 is 23.2 Å². The van der Waals surface area contributed by atoms with Gasteiger partial charge in [-0.05, 0) is 11.6 Å². The molecule has 0 aliphatic heterocycles. The molecule has 20 heavy (non-hydrogen) atoms. The Hall–Kier alpha value is -1.46. The van der Waals surface area contributed by atoms with Gasteiger partial charge in [-0.25, -0.2) is 0 Å². The van der Waals surface area contributed by atoms with E-state index in [1.165, 1.54) is 14.0 Å². The number of hydrogen-bond donors (Lipinski definition) is 2. The van der Waals surface area contributed by atoms with Gasteiger partial charge in [-0.3, -0.25) is 9.59 Å². The first kappa shape index (κ1) is 16.6. The van der Waals surface area contributed by atoms with Crippen LogP contribution in [0.1, 0.15) is 12.5 Å². The Bertz CT molecular complexity index is 507. The highest BCUT2D eigenvalue weighted by atomic mass is 35.5. The van der Waals surface area contributed by atoms with E-state index in [0.29, 0.717) is 34.4 Å². The van der Waals surface area contributed by atoms with Crippen LogP contribution in [0, 0.1) is 0 Å². The molecule has 5 nitrogen and oxygen atoms in total. The Morgan fingerprint density at radius 1 is 1.15 bits per heavy atom. The zero-order valence-electron chi connectivity index (χ0n) is 11.3. The number of carbonyl (C=O) groups excluding carboxylic acids is 2. The van der Waals surface area contributed by atoms with E-state index in [4.69, 9.17) is 27.9 Å². The summed E-state index contributed by atoms with van der Waals surface area (Å²) >= 11 is 12.0. The third kappa shape index (κ3) is 5.27. The number of carbonyl (C=O) groups is 2. The van der Waals surface area contributed by atoms with Crippen molar-refractivity contribution in [3.63, 3.8) is 0 Å². The fourth-order valence-corrected chi connectivity index (χ4v) is 2.02. The van der Waals surface area contributed by atoms with Crippen LogP contribution in [-0.4, -0.2) is 32.0 Å². The van der Waals surface area contributed by atoms with Crippen molar-refractivity contribution in [3.8, 4) is 5.75 Å². The van der Waals surface area contributed by atoms with E-state index in [2.05, 4.69) is 10.6 Å². The van der Waals surface area contributed by atoms with Crippen LogP contribution in [0.5, 0.6) is 5.75 Å². The molecule has 110 valence electrons. The first-order chi connectivity index (χ1) is 9.43. The van der Waals surface area contributed by atoms with E-state index in [-0.39, 0.29) is 18.2 Å². The summed E-state index contributed by atoms with van der Waals surface area (Å²) in [6.45, 7) is 2.17. The molecule has 0 atom stereocenters. The predicted molar refractivity (Wildman–Crippen MR) is 78.4 cm³/mol. The summed E-state index contributed by atoms with van der Waals surface area (Å²) in [5, 5.41) is 6.08. The molecule has 0 spiro atoms. The molecule has 1 rings (SSSR count). The van der Waals surface area contributed by atoms with Gasteiger partial charge in [-0.2, -0.15) is 0 Å². The standard InChI is InChI=1S/C13H16Cl2N2O3/c1-8(18)16-3-4-17-13(19)6-9-5-11(15)12(20-2)7-10(9)14/h5,7H,3-4,6H2,1-2H3,(H,16,18)(H,17,19). The SMILES string of the molecule is COc1cc(Cl)c(CC(=O)NCCNC(C)=O)cc1Cl. The molecule has 2 amide bonds. The normalized spacial score (nSPS) is 10.0. The van der Waals surface area contributed by atoms with Gasteiger partial charge >= 0.3 is 0 Å². The molecule has 0 fully saturated rings. The molecule has 1 aromatic rings. The van der Waals surface area contributed by atoms with Crippen LogP contribution in [-0.2, 0) is 16.0 Å². The van der Waals surface area contributed by atoms with Crippen LogP contribution in [0.4, 0.5) is 0 Å². The molecule has 0 aromatic heterocycles. The van der Waals surface area contributed by atoms with Gasteiger partial charge in [-0.15, -0.1) is 0 Å². The van der Waals surface area contributed by atoms with Crippen LogP contribution in [0.2, 0.25) is 10.0 Å². The van der Waals surface area contributed by atoms with E-state index in [0.717, 1.165) is 0 Å². The Labute approximate surface area is 127 Å². The molecule has 0 saturated carbocycles. The number of halogens is 2. The van der Waals surface area contributed by atoms with E-state index in [1.54, 1.807) is 12.1 Å².